The smallest absolute Gasteiger partial charge is 0.266 e. The standard InChI is InChI=1S/C24H31N9O3/c1-30(20-17-21-27-22(23-26-7-14-36-23)29-33(21)24(25)28-20)8-9-31-10-12-32(13-11-31)18-3-5-19(6-4-18)35-16-15-34-2/h3-7,14,17H,8-13,15-16H2,1-2H3,(H2,25,28)/i8D2,9D2. The third kappa shape index (κ3) is 5.34. The zero-order chi connectivity index (χ0) is 28.5. The maximum absolute atomic E-state index is 8.82. The highest BCUT2D eigenvalue weighted by Gasteiger charge is 2.19. The molecule has 12 nitrogen and oxygen atoms in total. The summed E-state index contributed by atoms with van der Waals surface area (Å²) in [5, 5.41) is 4.24. The molecular formula is C24H31N9O3. The third-order valence-electron chi connectivity index (χ3n) is 5.72. The first-order valence-corrected chi connectivity index (χ1v) is 11.5. The van der Waals surface area contributed by atoms with Gasteiger partial charge in [0.05, 0.1) is 15.5 Å². The van der Waals surface area contributed by atoms with Crippen LogP contribution in [-0.4, -0.2) is 96.0 Å². The van der Waals surface area contributed by atoms with Crippen molar-refractivity contribution in [3.05, 3.63) is 42.8 Å². The number of fused-ring (bicyclic) bond motifs is 1. The molecule has 2 N–H and O–H groups in total. The number of benzene rings is 1. The predicted molar refractivity (Wildman–Crippen MR) is 136 cm³/mol. The third-order valence-corrected chi connectivity index (χ3v) is 5.72. The first kappa shape index (κ1) is 19.3. The number of piperazine rings is 1. The molecule has 1 saturated heterocycles. The van der Waals surface area contributed by atoms with E-state index in [0.717, 1.165) is 16.3 Å². The Bertz CT molecular complexity index is 1430. The lowest BCUT2D eigenvalue weighted by Crippen LogP contribution is -2.48. The van der Waals surface area contributed by atoms with Crippen molar-refractivity contribution in [3.8, 4) is 17.5 Å². The van der Waals surface area contributed by atoms with E-state index in [1.807, 2.05) is 24.3 Å². The van der Waals surface area contributed by atoms with E-state index in [0.29, 0.717) is 45.0 Å². The summed E-state index contributed by atoms with van der Waals surface area (Å²) in [5.41, 5.74) is 7.38. The van der Waals surface area contributed by atoms with E-state index in [2.05, 4.69) is 25.0 Å². The predicted octanol–water partition coefficient (Wildman–Crippen LogP) is 1.65. The van der Waals surface area contributed by atoms with Crippen molar-refractivity contribution in [1.82, 2.24) is 29.5 Å². The summed E-state index contributed by atoms with van der Waals surface area (Å²) in [6, 6.07) is 9.20. The van der Waals surface area contributed by atoms with Crippen molar-refractivity contribution in [2.45, 2.75) is 0 Å². The second-order valence-corrected chi connectivity index (χ2v) is 8.11. The average molecular weight is 498 g/mol. The van der Waals surface area contributed by atoms with Crippen molar-refractivity contribution in [2.75, 3.05) is 82.1 Å². The lowest BCUT2D eigenvalue weighted by molar-refractivity contribution is 0.146. The number of ether oxygens (including phenoxy) is 2. The summed E-state index contributed by atoms with van der Waals surface area (Å²) in [5.74, 6) is 1.22. The van der Waals surface area contributed by atoms with Gasteiger partial charge in [-0.3, -0.25) is 4.90 Å². The van der Waals surface area contributed by atoms with Gasteiger partial charge in [0.1, 0.15) is 24.4 Å². The number of rotatable bonds is 10. The van der Waals surface area contributed by atoms with Crippen LogP contribution in [0.1, 0.15) is 5.48 Å². The number of nitrogens with two attached hydrogens (primary N) is 1. The van der Waals surface area contributed by atoms with Gasteiger partial charge in [0.25, 0.3) is 5.89 Å². The largest absolute Gasteiger partial charge is 0.491 e. The molecular weight excluding hydrogens is 462 g/mol. The number of nitrogens with zero attached hydrogens (tertiary/aromatic N) is 8. The number of methoxy groups -OCH3 is 1. The first-order valence-electron chi connectivity index (χ1n) is 13.5. The molecule has 0 spiro atoms. The minimum absolute atomic E-state index is 0.0373. The summed E-state index contributed by atoms with van der Waals surface area (Å²) in [6.07, 6.45) is 2.86. The van der Waals surface area contributed by atoms with Crippen LogP contribution in [0.3, 0.4) is 0 Å². The van der Waals surface area contributed by atoms with Gasteiger partial charge in [-0.05, 0) is 24.3 Å². The fourth-order valence-electron chi connectivity index (χ4n) is 3.77. The Morgan fingerprint density at radius 1 is 1.14 bits per heavy atom. The number of likely N-dealkylation sites (N-methyl/N-ethyl adjacent to an activating group) is 1. The van der Waals surface area contributed by atoms with Crippen molar-refractivity contribution in [2.24, 2.45) is 0 Å². The van der Waals surface area contributed by atoms with Crippen LogP contribution in [0, 0.1) is 0 Å². The second-order valence-electron chi connectivity index (χ2n) is 8.11. The second kappa shape index (κ2) is 10.8. The highest BCUT2D eigenvalue weighted by Crippen LogP contribution is 2.22. The molecule has 0 amide bonds. The van der Waals surface area contributed by atoms with E-state index in [1.165, 1.54) is 35.0 Å². The van der Waals surface area contributed by atoms with Crippen LogP contribution >= 0.6 is 0 Å². The maximum atomic E-state index is 8.82. The lowest BCUT2D eigenvalue weighted by Gasteiger charge is -2.36. The van der Waals surface area contributed by atoms with Gasteiger partial charge < -0.3 is 29.4 Å². The topological polar surface area (TPSA) is 123 Å². The number of aromatic nitrogens is 5. The van der Waals surface area contributed by atoms with E-state index in [1.54, 1.807) is 7.11 Å². The SMILES string of the molecule is [2H]C([2H])(N1CCN(c2ccc(OCCOC)cc2)CC1)C([2H])([2H])N(C)c1cc2nc(-c3ncco3)nn2c(N)n1. The zero-order valence-electron chi connectivity index (χ0n) is 24.2. The summed E-state index contributed by atoms with van der Waals surface area (Å²) in [6.45, 7) is -2.13. The van der Waals surface area contributed by atoms with Gasteiger partial charge in [-0.1, -0.05) is 0 Å². The van der Waals surface area contributed by atoms with Crippen LogP contribution in [0.2, 0.25) is 0 Å². The molecule has 36 heavy (non-hydrogen) atoms. The molecule has 1 aliphatic rings. The van der Waals surface area contributed by atoms with Crippen LogP contribution < -0.4 is 20.3 Å². The number of oxazole rings is 1. The van der Waals surface area contributed by atoms with E-state index in [-0.39, 0.29) is 23.5 Å². The molecule has 1 fully saturated rings. The number of hydrogen-bond donors (Lipinski definition) is 1. The van der Waals surface area contributed by atoms with E-state index >= 15 is 0 Å². The lowest BCUT2D eigenvalue weighted by atomic mass is 10.2. The van der Waals surface area contributed by atoms with E-state index in [4.69, 9.17) is 25.1 Å². The highest BCUT2D eigenvalue weighted by molar-refractivity contribution is 5.58. The van der Waals surface area contributed by atoms with Gasteiger partial charge in [0, 0.05) is 67.8 Å². The molecule has 0 atom stereocenters. The van der Waals surface area contributed by atoms with Gasteiger partial charge in [-0.15, -0.1) is 5.10 Å². The minimum atomic E-state index is -2.47. The Hall–Kier alpha value is -3.90. The zero-order valence-corrected chi connectivity index (χ0v) is 20.2. The van der Waals surface area contributed by atoms with Crippen molar-refractivity contribution >= 4 is 23.1 Å². The Labute approximate surface area is 214 Å². The highest BCUT2D eigenvalue weighted by atomic mass is 16.5. The Balaban J connectivity index is 1.27. The minimum Gasteiger partial charge on any atom is -0.491 e. The quantitative estimate of drug-likeness (QED) is 0.322. The van der Waals surface area contributed by atoms with Crippen molar-refractivity contribution in [3.63, 3.8) is 0 Å². The Kier molecular flexibility index (Phi) is 5.79. The molecule has 4 aromatic rings. The number of hydrogen-bond acceptors (Lipinski definition) is 11. The molecule has 4 heterocycles. The Morgan fingerprint density at radius 2 is 1.94 bits per heavy atom. The summed E-state index contributed by atoms with van der Waals surface area (Å²) >= 11 is 0. The van der Waals surface area contributed by atoms with Crippen LogP contribution in [0.4, 0.5) is 17.5 Å². The van der Waals surface area contributed by atoms with Gasteiger partial charge in [0.2, 0.25) is 11.8 Å². The molecule has 1 aromatic carbocycles. The van der Waals surface area contributed by atoms with Crippen LogP contribution in [0.15, 0.2) is 47.2 Å². The van der Waals surface area contributed by atoms with Gasteiger partial charge >= 0.3 is 0 Å². The summed E-state index contributed by atoms with van der Waals surface area (Å²) in [7, 11) is 3.06. The molecule has 12 heteroatoms. The maximum Gasteiger partial charge on any atom is 0.266 e. The van der Waals surface area contributed by atoms with Crippen molar-refractivity contribution in [1.29, 1.82) is 0 Å². The molecule has 0 saturated carbocycles. The van der Waals surface area contributed by atoms with Crippen LogP contribution in [-0.2, 0) is 4.74 Å². The molecule has 0 bridgehead atoms. The average Bonchev–Trinajstić information content (AvgIpc) is 3.64. The molecule has 0 radical (unpaired) electrons. The van der Waals surface area contributed by atoms with Gasteiger partial charge in [-0.2, -0.15) is 9.50 Å². The number of nitrogen functional groups attached to an aromatic ring is 1. The van der Waals surface area contributed by atoms with E-state index in [9.17, 15) is 0 Å². The molecule has 3 aromatic heterocycles. The first-order chi connectivity index (χ1) is 19.1. The summed E-state index contributed by atoms with van der Waals surface area (Å²) in [4.78, 5) is 17.4. The molecule has 1 aliphatic heterocycles. The molecule has 5 rings (SSSR count). The van der Waals surface area contributed by atoms with Crippen LogP contribution in [0.25, 0.3) is 17.4 Å². The Morgan fingerprint density at radius 3 is 2.67 bits per heavy atom. The molecule has 0 aliphatic carbocycles. The molecule has 0 unspecified atom stereocenters. The monoisotopic (exact) mass is 497 g/mol. The normalized spacial score (nSPS) is 16.9. The van der Waals surface area contributed by atoms with Crippen LogP contribution in [0.5, 0.6) is 5.75 Å². The van der Waals surface area contributed by atoms with Gasteiger partial charge in [-0.25, -0.2) is 9.97 Å². The van der Waals surface area contributed by atoms with Gasteiger partial charge in [0.15, 0.2) is 5.65 Å². The van der Waals surface area contributed by atoms with E-state index < -0.39 is 13.0 Å². The number of anilines is 3. The molecule has 190 valence electrons. The van der Waals surface area contributed by atoms with Crippen molar-refractivity contribution < 1.29 is 19.4 Å². The fraction of sp³-hybridized carbons (Fsp3) is 0.417. The summed E-state index contributed by atoms with van der Waals surface area (Å²) < 4.78 is 52.4. The fourth-order valence-corrected chi connectivity index (χ4v) is 3.77.